The fraction of sp³-hybridized carbons (Fsp3) is 0.304. The Hall–Kier alpha value is -2.67. The normalized spacial score (nSPS) is 14.6. The van der Waals surface area contributed by atoms with Crippen LogP contribution in [0.3, 0.4) is 0 Å². The molecule has 0 atom stereocenters. The van der Waals surface area contributed by atoms with Crippen LogP contribution in [0.1, 0.15) is 28.5 Å². The largest absolute Gasteiger partial charge is 0.379 e. The van der Waals surface area contributed by atoms with Gasteiger partial charge < -0.3 is 10.1 Å². The van der Waals surface area contributed by atoms with E-state index in [-0.39, 0.29) is 5.91 Å². The molecule has 30 heavy (non-hydrogen) atoms. The molecular formula is C23H25ClN4O2. The van der Waals surface area contributed by atoms with Gasteiger partial charge in [0.1, 0.15) is 0 Å². The molecule has 2 heterocycles. The van der Waals surface area contributed by atoms with Gasteiger partial charge in [-0.3, -0.25) is 9.69 Å². The average molecular weight is 425 g/mol. The molecule has 0 aliphatic carbocycles. The van der Waals surface area contributed by atoms with Gasteiger partial charge in [0.05, 0.1) is 36.4 Å². The topological polar surface area (TPSA) is 59.4 Å². The van der Waals surface area contributed by atoms with E-state index in [2.05, 4.69) is 21.4 Å². The molecule has 1 saturated heterocycles. The number of hydrogen-bond acceptors (Lipinski definition) is 4. The van der Waals surface area contributed by atoms with Crippen molar-refractivity contribution >= 4 is 23.2 Å². The third-order valence-electron chi connectivity index (χ3n) is 5.20. The number of anilines is 1. The lowest BCUT2D eigenvalue weighted by atomic mass is 10.1. The summed E-state index contributed by atoms with van der Waals surface area (Å²) in [7, 11) is 0. The molecular weight excluding hydrogens is 400 g/mol. The number of hydrogen-bond donors (Lipinski definition) is 1. The molecule has 1 fully saturated rings. The molecule has 3 aromatic rings. The molecule has 2 aromatic carbocycles. The molecule has 0 saturated carbocycles. The highest BCUT2D eigenvalue weighted by atomic mass is 35.5. The zero-order valence-electron chi connectivity index (χ0n) is 17.0. The van der Waals surface area contributed by atoms with Crippen LogP contribution >= 0.6 is 11.6 Å². The number of halogens is 1. The third-order valence-corrected chi connectivity index (χ3v) is 5.43. The fourth-order valence-electron chi connectivity index (χ4n) is 3.70. The molecule has 7 heteroatoms. The molecule has 4 rings (SSSR count). The number of nitrogens with one attached hydrogen (secondary N) is 1. The van der Waals surface area contributed by atoms with Crippen LogP contribution in [0.2, 0.25) is 5.02 Å². The van der Waals surface area contributed by atoms with Crippen molar-refractivity contribution in [2.24, 2.45) is 0 Å². The second kappa shape index (κ2) is 9.43. The minimum atomic E-state index is -0.163. The maximum Gasteiger partial charge on any atom is 0.259 e. The van der Waals surface area contributed by atoms with E-state index >= 15 is 0 Å². The minimum Gasteiger partial charge on any atom is -0.379 e. The summed E-state index contributed by atoms with van der Waals surface area (Å²) >= 11 is 6.12. The molecule has 0 spiro atoms. The van der Waals surface area contributed by atoms with Crippen LogP contribution in [-0.4, -0.2) is 46.9 Å². The van der Waals surface area contributed by atoms with Crippen LogP contribution in [0.25, 0.3) is 5.69 Å². The molecule has 0 radical (unpaired) electrons. The van der Waals surface area contributed by atoms with Gasteiger partial charge in [0.15, 0.2) is 0 Å². The first kappa shape index (κ1) is 20.6. The zero-order chi connectivity index (χ0) is 20.9. The van der Waals surface area contributed by atoms with Gasteiger partial charge in [0, 0.05) is 30.3 Å². The van der Waals surface area contributed by atoms with E-state index in [9.17, 15) is 4.79 Å². The van der Waals surface area contributed by atoms with Crippen molar-refractivity contribution in [2.75, 3.05) is 31.6 Å². The SMILES string of the molecule is CCc1c(C(=O)Nc2cccc(CN3CCOCC3)c2)cnn1-c1cccc(Cl)c1. The predicted molar refractivity (Wildman–Crippen MR) is 118 cm³/mol. The molecule has 1 aromatic heterocycles. The summed E-state index contributed by atoms with van der Waals surface area (Å²) in [4.78, 5) is 15.3. The van der Waals surface area contributed by atoms with Gasteiger partial charge in [-0.1, -0.05) is 36.7 Å². The van der Waals surface area contributed by atoms with Gasteiger partial charge in [0.25, 0.3) is 5.91 Å². The number of morpholine rings is 1. The summed E-state index contributed by atoms with van der Waals surface area (Å²) in [5.41, 5.74) is 4.20. The lowest BCUT2D eigenvalue weighted by Crippen LogP contribution is -2.35. The van der Waals surface area contributed by atoms with Crippen molar-refractivity contribution < 1.29 is 9.53 Å². The Kier molecular flexibility index (Phi) is 6.47. The number of ether oxygens (including phenoxy) is 1. The van der Waals surface area contributed by atoms with Crippen molar-refractivity contribution in [1.29, 1.82) is 0 Å². The molecule has 0 unspecified atom stereocenters. The number of benzene rings is 2. The van der Waals surface area contributed by atoms with E-state index < -0.39 is 0 Å². The average Bonchev–Trinajstić information content (AvgIpc) is 3.19. The lowest BCUT2D eigenvalue weighted by Gasteiger charge is -2.26. The highest BCUT2D eigenvalue weighted by molar-refractivity contribution is 6.30. The van der Waals surface area contributed by atoms with E-state index in [4.69, 9.17) is 16.3 Å². The summed E-state index contributed by atoms with van der Waals surface area (Å²) in [6.07, 6.45) is 2.29. The maximum absolute atomic E-state index is 13.0. The lowest BCUT2D eigenvalue weighted by molar-refractivity contribution is 0.0342. The van der Waals surface area contributed by atoms with Gasteiger partial charge in [0.2, 0.25) is 0 Å². The number of nitrogens with zero attached hydrogens (tertiary/aromatic N) is 3. The van der Waals surface area contributed by atoms with Crippen LogP contribution in [0, 0.1) is 0 Å². The first-order valence-electron chi connectivity index (χ1n) is 10.2. The smallest absolute Gasteiger partial charge is 0.259 e. The standard InChI is InChI=1S/C23H25ClN4O2/c1-2-22-21(15-25-28(22)20-8-4-6-18(24)14-20)23(29)26-19-7-3-5-17(13-19)16-27-9-11-30-12-10-27/h3-8,13-15H,2,9-12,16H2,1H3,(H,26,29). The third kappa shape index (κ3) is 4.73. The number of carbonyl (C=O) groups excluding carboxylic acids is 1. The van der Waals surface area contributed by atoms with Crippen molar-refractivity contribution in [2.45, 2.75) is 19.9 Å². The van der Waals surface area contributed by atoms with Crippen molar-refractivity contribution in [3.05, 3.63) is 76.6 Å². The Morgan fingerprint density at radius 1 is 1.17 bits per heavy atom. The summed E-state index contributed by atoms with van der Waals surface area (Å²) in [5.74, 6) is -0.163. The fourth-order valence-corrected chi connectivity index (χ4v) is 3.88. The Labute approximate surface area is 181 Å². The van der Waals surface area contributed by atoms with Crippen molar-refractivity contribution in [3.63, 3.8) is 0 Å². The van der Waals surface area contributed by atoms with Gasteiger partial charge in [-0.15, -0.1) is 0 Å². The van der Waals surface area contributed by atoms with Crippen LogP contribution in [0.15, 0.2) is 54.7 Å². The Bertz CT molecular complexity index is 1030. The summed E-state index contributed by atoms with van der Waals surface area (Å²) in [6, 6.07) is 15.4. The van der Waals surface area contributed by atoms with Gasteiger partial charge in [-0.2, -0.15) is 5.10 Å². The summed E-state index contributed by atoms with van der Waals surface area (Å²) in [5, 5.41) is 8.09. The zero-order valence-corrected chi connectivity index (χ0v) is 17.7. The minimum absolute atomic E-state index is 0.163. The van der Waals surface area contributed by atoms with Crippen LogP contribution in [0.4, 0.5) is 5.69 Å². The molecule has 6 nitrogen and oxygen atoms in total. The van der Waals surface area contributed by atoms with Crippen molar-refractivity contribution in [3.8, 4) is 5.69 Å². The monoisotopic (exact) mass is 424 g/mol. The summed E-state index contributed by atoms with van der Waals surface area (Å²) < 4.78 is 7.18. The Morgan fingerprint density at radius 2 is 1.97 bits per heavy atom. The summed E-state index contributed by atoms with van der Waals surface area (Å²) in [6.45, 7) is 6.26. The van der Waals surface area contributed by atoms with Gasteiger partial charge in [-0.05, 0) is 42.3 Å². The first-order chi connectivity index (χ1) is 14.6. The second-order valence-corrected chi connectivity index (χ2v) is 7.73. The Balaban J connectivity index is 1.51. The van der Waals surface area contributed by atoms with Gasteiger partial charge >= 0.3 is 0 Å². The molecule has 1 amide bonds. The van der Waals surface area contributed by atoms with E-state index in [1.54, 1.807) is 10.9 Å². The molecule has 1 aliphatic rings. The predicted octanol–water partition coefficient (Wildman–Crippen LogP) is 4.17. The van der Waals surface area contributed by atoms with E-state index in [1.165, 1.54) is 5.56 Å². The Morgan fingerprint density at radius 3 is 2.73 bits per heavy atom. The van der Waals surface area contributed by atoms with Crippen molar-refractivity contribution in [1.82, 2.24) is 14.7 Å². The number of amides is 1. The maximum atomic E-state index is 13.0. The van der Waals surface area contributed by atoms with E-state index in [1.807, 2.05) is 49.4 Å². The highest BCUT2D eigenvalue weighted by Crippen LogP contribution is 2.21. The van der Waals surface area contributed by atoms with Crippen LogP contribution < -0.4 is 5.32 Å². The quantitative estimate of drug-likeness (QED) is 0.645. The number of aromatic nitrogens is 2. The van der Waals surface area contributed by atoms with E-state index in [0.717, 1.165) is 49.9 Å². The first-order valence-corrected chi connectivity index (χ1v) is 10.5. The van der Waals surface area contributed by atoms with Gasteiger partial charge in [-0.25, -0.2) is 4.68 Å². The second-order valence-electron chi connectivity index (χ2n) is 7.29. The number of rotatable bonds is 6. The van der Waals surface area contributed by atoms with Crippen LogP contribution in [0.5, 0.6) is 0 Å². The molecule has 1 aliphatic heterocycles. The molecule has 156 valence electrons. The molecule has 1 N–H and O–H groups in total. The van der Waals surface area contributed by atoms with E-state index in [0.29, 0.717) is 17.0 Å². The number of carbonyl (C=O) groups is 1. The molecule has 0 bridgehead atoms. The van der Waals surface area contributed by atoms with Crippen LogP contribution in [-0.2, 0) is 17.7 Å². The highest BCUT2D eigenvalue weighted by Gasteiger charge is 2.18.